The highest BCUT2D eigenvalue weighted by Crippen LogP contribution is 2.64. The molecule has 0 fully saturated rings. The molecule has 0 aliphatic carbocycles. The van der Waals surface area contributed by atoms with Crippen LogP contribution >= 0.6 is 0 Å². The Labute approximate surface area is 411 Å². The van der Waals surface area contributed by atoms with Crippen molar-refractivity contribution in [3.8, 4) is 0 Å². The minimum Gasteiger partial charge on any atom is -0.423 e. The molecule has 6 unspecified atom stereocenters. The number of rotatable bonds is 22. The van der Waals surface area contributed by atoms with E-state index in [4.69, 9.17) is 0 Å². The number of nitrogens with one attached hydrogen (secondary N) is 1. The van der Waals surface area contributed by atoms with Gasteiger partial charge in [-0.25, -0.2) is 0 Å². The standard InChI is InChI=1S/C29H9BF41NO9/c1-2-9(73)72-6-3-4-7(8(5-6)30(74)75)10(31,17(39,40)41)76-25(62,63)12(34,19(45,46)47)78-27(66,67)14(36,21(51,52)53)80-29(70,71)16(38,23(57,58)59)81-28(68,69)15(37,22(54,55)56)79-26(64,65)13(35,20(48,49)50)77-24(60,61)11(32,33)18(42,43)44/h2-5,74-75H,1H2,(H,72,73). The Morgan fingerprint density at radius 2 is 0.630 bits per heavy atom. The summed E-state index contributed by atoms with van der Waals surface area (Å²) in [6.45, 7) is 2.74. The molecule has 0 saturated carbocycles. The van der Waals surface area contributed by atoms with Crippen molar-refractivity contribution in [2.24, 2.45) is 0 Å². The Morgan fingerprint density at radius 3 is 0.840 bits per heavy atom. The number of carbonyl (C=O) groups is 1. The number of alkyl halides is 41. The normalized spacial score (nSPS) is 19.5. The monoisotopic (exact) mass is 1300 g/mol. The van der Waals surface area contributed by atoms with Crippen molar-refractivity contribution in [3.63, 3.8) is 0 Å². The average molecular weight is 1310 g/mol. The molecule has 81 heavy (non-hydrogen) atoms. The number of hydrogen-bond acceptors (Lipinski definition) is 9. The van der Waals surface area contributed by atoms with E-state index in [1.165, 1.54) is 5.32 Å². The smallest absolute Gasteiger partial charge is 0.423 e. The second-order valence-electron chi connectivity index (χ2n) is 14.2. The molecular formula is C29H9BF41NO9. The number of anilines is 1. The fourth-order valence-electron chi connectivity index (χ4n) is 4.63. The SMILES string of the molecule is C=CC(=O)Nc1ccc(C(F)(OC(F)(F)C(F)(OC(F)(F)C(F)(OC(F)(F)C(F)(OC(F)(F)C(F)(OC(F)(F)C(F)(OC(F)(F)C(F)(F)C(F)(F)F)C(F)(F)F)C(F)(F)F)C(F)(F)F)C(F)(F)F)C(F)(F)F)C(F)(F)F)c(B(O)O)c1. The van der Waals surface area contributed by atoms with Crippen LogP contribution in [0.2, 0.25) is 0 Å². The number of ether oxygens (including phenoxy) is 6. The first-order chi connectivity index (χ1) is 34.7. The molecule has 0 bridgehead atoms. The van der Waals surface area contributed by atoms with Gasteiger partial charge in [0.2, 0.25) is 5.91 Å². The molecule has 1 amide bonds. The maximum absolute atomic E-state index is 15.6. The summed E-state index contributed by atoms with van der Waals surface area (Å²) in [7, 11) is -3.93. The zero-order valence-corrected chi connectivity index (χ0v) is 35.3. The molecule has 3 N–H and O–H groups in total. The number of halogens is 41. The van der Waals surface area contributed by atoms with Gasteiger partial charge in [-0.15, -0.1) is 0 Å². The first-order valence-electron chi connectivity index (χ1n) is 17.6. The van der Waals surface area contributed by atoms with Gasteiger partial charge in [-0.05, 0) is 23.7 Å². The first-order valence-corrected chi connectivity index (χ1v) is 17.6. The van der Waals surface area contributed by atoms with Crippen LogP contribution in [0, 0.1) is 0 Å². The van der Waals surface area contributed by atoms with Crippen molar-refractivity contribution in [2.45, 2.75) is 121 Å². The van der Waals surface area contributed by atoms with E-state index in [-0.39, 0.29) is 12.1 Å². The Morgan fingerprint density at radius 1 is 0.383 bits per heavy atom. The zero-order chi connectivity index (χ0) is 65.7. The summed E-state index contributed by atoms with van der Waals surface area (Å²) >= 11 is 0. The molecule has 0 aliphatic rings. The van der Waals surface area contributed by atoms with Crippen molar-refractivity contribution >= 4 is 24.2 Å². The van der Waals surface area contributed by atoms with Gasteiger partial charge in [0.05, 0.1) is 0 Å². The van der Waals surface area contributed by atoms with Crippen LogP contribution in [0.1, 0.15) is 5.56 Å². The molecule has 1 aromatic carbocycles. The second kappa shape index (κ2) is 20.8. The quantitative estimate of drug-likeness (QED) is 0.0591. The predicted molar refractivity (Wildman–Crippen MR) is 161 cm³/mol. The maximum atomic E-state index is 15.6. The highest BCUT2D eigenvalue weighted by Gasteiger charge is 2.92. The van der Waals surface area contributed by atoms with Gasteiger partial charge in [0.15, 0.2) is 0 Å². The minimum absolute atomic E-state index is 0.205. The van der Waals surface area contributed by atoms with Gasteiger partial charge < -0.3 is 15.4 Å². The van der Waals surface area contributed by atoms with E-state index in [9.17, 15) is 169 Å². The van der Waals surface area contributed by atoms with Crippen LogP contribution < -0.4 is 10.8 Å². The van der Waals surface area contributed by atoms with Crippen molar-refractivity contribution in [1.82, 2.24) is 0 Å². The number of benzene rings is 1. The zero-order valence-electron chi connectivity index (χ0n) is 35.3. The molecule has 0 saturated heterocycles. The minimum atomic E-state index is -9.94. The van der Waals surface area contributed by atoms with Crippen molar-refractivity contribution in [3.05, 3.63) is 36.4 Å². The lowest BCUT2D eigenvalue weighted by molar-refractivity contribution is -0.605. The summed E-state index contributed by atoms with van der Waals surface area (Å²) in [4.78, 5) is 11.4. The lowest BCUT2D eigenvalue weighted by Crippen LogP contribution is -2.73. The van der Waals surface area contributed by atoms with Gasteiger partial charge in [0.1, 0.15) is 0 Å². The molecule has 1 aromatic rings. The fourth-order valence-corrected chi connectivity index (χ4v) is 4.63. The Balaban J connectivity index is 4.38. The lowest BCUT2D eigenvalue weighted by atomic mass is 9.74. The largest absolute Gasteiger partial charge is 0.489 e. The van der Waals surface area contributed by atoms with Gasteiger partial charge >= 0.3 is 128 Å². The van der Waals surface area contributed by atoms with Crippen molar-refractivity contribution in [2.75, 3.05) is 5.32 Å². The topological polar surface area (TPSA) is 125 Å². The van der Waals surface area contributed by atoms with Crippen molar-refractivity contribution in [1.29, 1.82) is 0 Å². The van der Waals surface area contributed by atoms with E-state index >= 15 is 26.3 Å². The molecule has 6 atom stereocenters. The van der Waals surface area contributed by atoms with E-state index in [0.717, 1.165) is 9.47 Å². The summed E-state index contributed by atoms with van der Waals surface area (Å²) < 4.78 is 578. The van der Waals surface area contributed by atoms with Gasteiger partial charge in [-0.1, -0.05) is 12.6 Å². The summed E-state index contributed by atoms with van der Waals surface area (Å²) in [6.07, 6.45) is -119. The molecule has 1 rings (SSSR count). The third-order valence-corrected chi connectivity index (χ3v) is 8.52. The molecule has 0 aliphatic heterocycles. The van der Waals surface area contributed by atoms with E-state index in [2.05, 4.69) is 6.58 Å². The maximum Gasteiger partial charge on any atom is 0.489 e. The van der Waals surface area contributed by atoms with Gasteiger partial charge in [0.25, 0.3) is 0 Å². The van der Waals surface area contributed by atoms with E-state index < -0.39 is 163 Å². The molecule has 474 valence electrons. The molecule has 10 nitrogen and oxygen atoms in total. The number of amides is 1. The van der Waals surface area contributed by atoms with Crippen LogP contribution in [0.4, 0.5) is 186 Å². The second-order valence-corrected chi connectivity index (χ2v) is 14.2. The Kier molecular flexibility index (Phi) is 19.1. The van der Waals surface area contributed by atoms with E-state index in [1.807, 2.05) is 4.74 Å². The number of carbonyl (C=O) groups excluding carboxylic acids is 1. The molecule has 52 heteroatoms. The molecule has 0 radical (unpaired) electrons. The summed E-state index contributed by atoms with van der Waals surface area (Å²) in [5.41, 5.74) is -7.05. The van der Waals surface area contributed by atoms with E-state index in [0.29, 0.717) is 14.2 Å². The summed E-state index contributed by atoms with van der Waals surface area (Å²) in [5, 5.41) is 20.1. The molecular weight excluding hydrogens is 1300 g/mol. The predicted octanol–water partition coefficient (Wildman–Crippen LogP) is 12.2. The third kappa shape index (κ3) is 12.9. The Hall–Kier alpha value is -4.70. The van der Waals surface area contributed by atoms with Crippen LogP contribution in [0.5, 0.6) is 0 Å². The molecule has 0 aromatic heterocycles. The third-order valence-electron chi connectivity index (χ3n) is 8.52. The summed E-state index contributed by atoms with van der Waals surface area (Å²) in [5.74, 6) is -65.9. The first kappa shape index (κ1) is 74.3. The Bertz CT molecular complexity index is 2410. The van der Waals surface area contributed by atoms with Gasteiger partial charge in [0, 0.05) is 11.3 Å². The molecule has 0 spiro atoms. The highest BCUT2D eigenvalue weighted by molar-refractivity contribution is 6.59. The lowest BCUT2D eigenvalue weighted by Gasteiger charge is -2.45. The van der Waals surface area contributed by atoms with Crippen molar-refractivity contribution < 1.29 is 223 Å². The van der Waals surface area contributed by atoms with Gasteiger partial charge in [-0.2, -0.15) is 180 Å². The van der Waals surface area contributed by atoms with Crippen LogP contribution in [-0.2, 0) is 39.1 Å². The van der Waals surface area contributed by atoms with Crippen LogP contribution in [0.3, 0.4) is 0 Å². The van der Waals surface area contributed by atoms with Crippen LogP contribution in [0.25, 0.3) is 0 Å². The van der Waals surface area contributed by atoms with E-state index in [1.54, 1.807) is 0 Å². The summed E-state index contributed by atoms with van der Waals surface area (Å²) in [6, 6.07) is -1.72. The number of hydrogen-bond donors (Lipinski definition) is 3. The van der Waals surface area contributed by atoms with Gasteiger partial charge in [-0.3, -0.25) is 33.2 Å². The van der Waals surface area contributed by atoms with Crippen LogP contribution in [-0.4, -0.2) is 138 Å². The average Bonchev–Trinajstić information content (AvgIpc) is 3.19. The molecule has 0 heterocycles. The fraction of sp³-hybridized carbons (Fsp3) is 0.690. The van der Waals surface area contributed by atoms with Crippen LogP contribution in [0.15, 0.2) is 30.9 Å². The highest BCUT2D eigenvalue weighted by atomic mass is 19.5.